The standard InChI is InChI=1S/C13H12FNO3/c14-11-5-3-4-10(6-7-12(16)17)13(11)18-9-2-1-8-15/h3-7H,1-2,9H2,(H,16,17)/b7-6+. The lowest BCUT2D eigenvalue weighted by Crippen LogP contribution is -2.01. The first-order valence-electron chi connectivity index (χ1n) is 5.34. The maximum Gasteiger partial charge on any atom is 0.328 e. The first-order chi connectivity index (χ1) is 8.65. The van der Waals surface area contributed by atoms with Crippen molar-refractivity contribution < 1.29 is 19.0 Å². The highest BCUT2D eigenvalue weighted by atomic mass is 19.1. The summed E-state index contributed by atoms with van der Waals surface area (Å²) in [5.41, 5.74) is 0.356. The normalized spacial score (nSPS) is 10.2. The van der Waals surface area contributed by atoms with E-state index < -0.39 is 11.8 Å². The van der Waals surface area contributed by atoms with E-state index in [4.69, 9.17) is 15.1 Å². The third-order valence-corrected chi connectivity index (χ3v) is 2.08. The van der Waals surface area contributed by atoms with Crippen LogP contribution in [-0.2, 0) is 4.79 Å². The fourth-order valence-electron chi connectivity index (χ4n) is 1.30. The molecule has 1 aromatic carbocycles. The Morgan fingerprint density at radius 3 is 3.00 bits per heavy atom. The number of halogens is 1. The largest absolute Gasteiger partial charge is 0.490 e. The van der Waals surface area contributed by atoms with Crippen molar-refractivity contribution in [2.75, 3.05) is 6.61 Å². The highest BCUT2D eigenvalue weighted by Gasteiger charge is 2.07. The van der Waals surface area contributed by atoms with E-state index in [-0.39, 0.29) is 12.4 Å². The van der Waals surface area contributed by atoms with Gasteiger partial charge in [-0.2, -0.15) is 5.26 Å². The van der Waals surface area contributed by atoms with Gasteiger partial charge in [0.2, 0.25) is 0 Å². The fourth-order valence-corrected chi connectivity index (χ4v) is 1.30. The lowest BCUT2D eigenvalue weighted by molar-refractivity contribution is -0.131. The van der Waals surface area contributed by atoms with Gasteiger partial charge >= 0.3 is 5.97 Å². The maximum absolute atomic E-state index is 13.5. The number of benzene rings is 1. The Morgan fingerprint density at radius 1 is 1.56 bits per heavy atom. The Balaban J connectivity index is 2.81. The molecule has 0 heterocycles. The van der Waals surface area contributed by atoms with Gasteiger partial charge in [-0.25, -0.2) is 9.18 Å². The number of carboxylic acid groups (broad SMARTS) is 1. The molecule has 0 aliphatic carbocycles. The van der Waals surface area contributed by atoms with Gasteiger partial charge in [0.15, 0.2) is 11.6 Å². The van der Waals surface area contributed by atoms with E-state index in [1.54, 1.807) is 6.07 Å². The molecular formula is C13H12FNO3. The molecule has 0 amide bonds. The molecule has 0 radical (unpaired) electrons. The van der Waals surface area contributed by atoms with Crippen molar-refractivity contribution >= 4 is 12.0 Å². The summed E-state index contributed by atoms with van der Waals surface area (Å²) in [6, 6.07) is 6.22. The molecule has 18 heavy (non-hydrogen) atoms. The van der Waals surface area contributed by atoms with E-state index in [2.05, 4.69) is 0 Å². The maximum atomic E-state index is 13.5. The molecule has 0 fully saturated rings. The molecule has 1 rings (SSSR count). The van der Waals surface area contributed by atoms with Crippen LogP contribution in [0.1, 0.15) is 18.4 Å². The average molecular weight is 249 g/mol. The molecule has 0 aliphatic rings. The van der Waals surface area contributed by atoms with Crippen LogP contribution in [0.5, 0.6) is 5.75 Å². The molecule has 4 nitrogen and oxygen atoms in total. The van der Waals surface area contributed by atoms with Crippen molar-refractivity contribution in [3.8, 4) is 11.8 Å². The number of unbranched alkanes of at least 4 members (excludes halogenated alkanes) is 1. The van der Waals surface area contributed by atoms with E-state index in [0.717, 1.165) is 6.08 Å². The highest BCUT2D eigenvalue weighted by Crippen LogP contribution is 2.24. The van der Waals surface area contributed by atoms with Gasteiger partial charge < -0.3 is 9.84 Å². The molecule has 0 bridgehead atoms. The van der Waals surface area contributed by atoms with Crippen LogP contribution in [0.3, 0.4) is 0 Å². The van der Waals surface area contributed by atoms with Gasteiger partial charge in [0.1, 0.15) is 0 Å². The minimum Gasteiger partial charge on any atom is -0.490 e. The Bertz CT molecular complexity index is 491. The van der Waals surface area contributed by atoms with Gasteiger partial charge in [0.25, 0.3) is 0 Å². The molecule has 1 N–H and O–H groups in total. The quantitative estimate of drug-likeness (QED) is 0.621. The van der Waals surface area contributed by atoms with E-state index in [9.17, 15) is 9.18 Å². The van der Waals surface area contributed by atoms with Gasteiger partial charge in [-0.05, 0) is 18.6 Å². The van der Waals surface area contributed by atoms with Crippen molar-refractivity contribution in [1.82, 2.24) is 0 Å². The molecule has 0 spiro atoms. The number of hydrogen-bond donors (Lipinski definition) is 1. The highest BCUT2D eigenvalue weighted by molar-refractivity contribution is 5.85. The molecular weight excluding hydrogens is 237 g/mol. The molecule has 0 unspecified atom stereocenters. The van der Waals surface area contributed by atoms with Crippen LogP contribution in [0, 0.1) is 17.1 Å². The van der Waals surface area contributed by atoms with Gasteiger partial charge in [-0.3, -0.25) is 0 Å². The van der Waals surface area contributed by atoms with Crippen molar-refractivity contribution in [2.24, 2.45) is 0 Å². The second-order valence-electron chi connectivity index (χ2n) is 3.44. The van der Waals surface area contributed by atoms with Gasteiger partial charge in [-0.15, -0.1) is 0 Å². The smallest absolute Gasteiger partial charge is 0.328 e. The molecule has 5 heteroatoms. The zero-order chi connectivity index (χ0) is 13.4. The molecule has 0 saturated carbocycles. The Hall–Kier alpha value is -2.35. The first-order valence-corrected chi connectivity index (χ1v) is 5.34. The Labute approximate surface area is 104 Å². The zero-order valence-electron chi connectivity index (χ0n) is 9.60. The second kappa shape index (κ2) is 7.07. The summed E-state index contributed by atoms with van der Waals surface area (Å²) in [4.78, 5) is 10.4. The summed E-state index contributed by atoms with van der Waals surface area (Å²) in [5.74, 6) is -1.66. The monoisotopic (exact) mass is 249 g/mol. The number of nitrogens with zero attached hydrogens (tertiary/aromatic N) is 1. The molecule has 0 aromatic heterocycles. The molecule has 1 aromatic rings. The van der Waals surface area contributed by atoms with E-state index >= 15 is 0 Å². The van der Waals surface area contributed by atoms with Crippen LogP contribution in [-0.4, -0.2) is 17.7 Å². The van der Waals surface area contributed by atoms with Crippen LogP contribution >= 0.6 is 0 Å². The van der Waals surface area contributed by atoms with Crippen LogP contribution in [0.2, 0.25) is 0 Å². The van der Waals surface area contributed by atoms with E-state index in [0.29, 0.717) is 18.4 Å². The zero-order valence-corrected chi connectivity index (χ0v) is 9.60. The number of carbonyl (C=O) groups is 1. The van der Waals surface area contributed by atoms with Crippen LogP contribution in [0.15, 0.2) is 24.3 Å². The number of aliphatic carboxylic acids is 1. The summed E-state index contributed by atoms with van der Waals surface area (Å²) in [6.45, 7) is 0.211. The van der Waals surface area contributed by atoms with Crippen molar-refractivity contribution in [3.63, 3.8) is 0 Å². The summed E-state index contributed by atoms with van der Waals surface area (Å²) >= 11 is 0. The Kier molecular flexibility index (Phi) is 5.39. The average Bonchev–Trinajstić information content (AvgIpc) is 2.34. The fraction of sp³-hybridized carbons (Fsp3) is 0.231. The molecule has 0 aliphatic heterocycles. The third kappa shape index (κ3) is 4.26. The number of ether oxygens (including phenoxy) is 1. The topological polar surface area (TPSA) is 70.3 Å². The summed E-state index contributed by atoms with van der Waals surface area (Å²) < 4.78 is 18.7. The van der Waals surface area contributed by atoms with Crippen molar-refractivity contribution in [3.05, 3.63) is 35.7 Å². The second-order valence-corrected chi connectivity index (χ2v) is 3.44. The van der Waals surface area contributed by atoms with Gasteiger partial charge in [0.05, 0.1) is 12.7 Å². The predicted molar refractivity (Wildman–Crippen MR) is 63.4 cm³/mol. The summed E-state index contributed by atoms with van der Waals surface area (Å²) in [6.07, 6.45) is 3.00. The number of carboxylic acids is 1. The summed E-state index contributed by atoms with van der Waals surface area (Å²) in [5, 5.41) is 16.9. The van der Waals surface area contributed by atoms with Crippen molar-refractivity contribution in [2.45, 2.75) is 12.8 Å². The number of hydrogen-bond acceptors (Lipinski definition) is 3. The molecule has 0 saturated heterocycles. The minimum absolute atomic E-state index is 0.00735. The lowest BCUT2D eigenvalue weighted by atomic mass is 10.2. The van der Waals surface area contributed by atoms with Crippen LogP contribution < -0.4 is 4.74 Å². The van der Waals surface area contributed by atoms with Gasteiger partial charge in [-0.1, -0.05) is 12.1 Å². The summed E-state index contributed by atoms with van der Waals surface area (Å²) in [7, 11) is 0. The van der Waals surface area contributed by atoms with Crippen molar-refractivity contribution in [1.29, 1.82) is 5.26 Å². The van der Waals surface area contributed by atoms with E-state index in [1.165, 1.54) is 18.2 Å². The number of rotatable bonds is 6. The number of nitriles is 1. The first kappa shape index (κ1) is 13.7. The lowest BCUT2D eigenvalue weighted by Gasteiger charge is -2.09. The molecule has 0 atom stereocenters. The molecule has 94 valence electrons. The number of para-hydroxylation sites is 1. The minimum atomic E-state index is -1.12. The third-order valence-electron chi connectivity index (χ3n) is 2.08. The van der Waals surface area contributed by atoms with E-state index in [1.807, 2.05) is 6.07 Å². The van der Waals surface area contributed by atoms with Crippen LogP contribution in [0.4, 0.5) is 4.39 Å². The SMILES string of the molecule is N#CCCCOc1c(F)cccc1/C=C/C(=O)O. The predicted octanol–water partition coefficient (Wildman–Crippen LogP) is 2.61. The van der Waals surface area contributed by atoms with Gasteiger partial charge in [0, 0.05) is 18.1 Å². The van der Waals surface area contributed by atoms with Crippen LogP contribution in [0.25, 0.3) is 6.08 Å². The Morgan fingerprint density at radius 2 is 2.33 bits per heavy atom.